The first-order valence-corrected chi connectivity index (χ1v) is 6.44. The number of aliphatic hydroxyl groups excluding tert-OH is 1. The zero-order valence-electron chi connectivity index (χ0n) is 10.3. The topological polar surface area (TPSA) is 59.1 Å². The number of anilines is 1. The third-order valence-electron chi connectivity index (χ3n) is 2.88. The number of rotatable bonds is 2. The van der Waals surface area contributed by atoms with Gasteiger partial charge in [-0.15, -0.1) is 0 Å². The van der Waals surface area contributed by atoms with E-state index < -0.39 is 6.10 Å². The van der Waals surface area contributed by atoms with Crippen molar-refractivity contribution in [1.29, 1.82) is 0 Å². The quantitative estimate of drug-likeness (QED) is 0.896. The van der Waals surface area contributed by atoms with Crippen molar-refractivity contribution in [2.24, 2.45) is 0 Å². The highest BCUT2D eigenvalue weighted by Crippen LogP contribution is 2.28. The average molecular weight is 307 g/mol. The Balaban J connectivity index is 2.44. The maximum Gasteiger partial charge on any atom is 0.129 e. The Morgan fingerprint density at radius 2 is 2.00 bits per heavy atom. The summed E-state index contributed by atoms with van der Waals surface area (Å²) in [5, 5.41) is 10.4. The van der Waals surface area contributed by atoms with E-state index in [1.807, 2.05) is 38.1 Å². The van der Waals surface area contributed by atoms with Crippen molar-refractivity contribution in [1.82, 2.24) is 4.98 Å². The molecule has 0 spiro atoms. The number of nitrogens with zero attached hydrogens (tertiary/aromatic N) is 1. The van der Waals surface area contributed by atoms with Gasteiger partial charge in [-0.1, -0.05) is 28.1 Å². The molecule has 4 heteroatoms. The average Bonchev–Trinajstić information content (AvgIpc) is 2.35. The van der Waals surface area contributed by atoms with Gasteiger partial charge in [0.25, 0.3) is 0 Å². The first-order chi connectivity index (χ1) is 8.49. The molecule has 0 aliphatic heterocycles. The van der Waals surface area contributed by atoms with Gasteiger partial charge in [0.15, 0.2) is 0 Å². The van der Waals surface area contributed by atoms with Gasteiger partial charge in [0.2, 0.25) is 0 Å². The largest absolute Gasteiger partial charge is 0.384 e. The minimum atomic E-state index is -0.746. The summed E-state index contributed by atoms with van der Waals surface area (Å²) in [6.07, 6.45) is 0.947. The normalized spacial score (nSPS) is 12.4. The predicted molar refractivity (Wildman–Crippen MR) is 76.3 cm³/mol. The lowest BCUT2D eigenvalue weighted by Gasteiger charge is -2.15. The molecule has 2 aromatic rings. The van der Waals surface area contributed by atoms with Crippen molar-refractivity contribution in [2.75, 3.05) is 5.73 Å². The van der Waals surface area contributed by atoms with Gasteiger partial charge in [0.1, 0.15) is 11.9 Å². The standard InChI is InChI=1S/C14H15BrN2O/c1-8-5-11(14(16)17-7-8)13(18)10-3-4-12(15)9(2)6-10/h3-7,13,18H,1-2H3,(H2,16,17). The van der Waals surface area contributed by atoms with Crippen LogP contribution in [0.5, 0.6) is 0 Å². The van der Waals surface area contributed by atoms with Crippen LogP contribution in [0.1, 0.15) is 28.4 Å². The van der Waals surface area contributed by atoms with Gasteiger partial charge in [-0.3, -0.25) is 0 Å². The second-order valence-electron chi connectivity index (χ2n) is 4.40. The first kappa shape index (κ1) is 13.1. The molecule has 0 saturated heterocycles. The van der Waals surface area contributed by atoms with Crippen molar-refractivity contribution in [3.63, 3.8) is 0 Å². The van der Waals surface area contributed by atoms with Crippen LogP contribution in [0.4, 0.5) is 5.82 Å². The Bertz CT molecular complexity index is 584. The number of hydrogen-bond acceptors (Lipinski definition) is 3. The number of hydrogen-bond donors (Lipinski definition) is 2. The zero-order valence-corrected chi connectivity index (χ0v) is 11.9. The summed E-state index contributed by atoms with van der Waals surface area (Å²) >= 11 is 3.44. The van der Waals surface area contributed by atoms with Gasteiger partial charge in [0, 0.05) is 16.2 Å². The molecule has 0 saturated carbocycles. The molecule has 18 heavy (non-hydrogen) atoms. The Hall–Kier alpha value is -1.39. The van der Waals surface area contributed by atoms with Crippen molar-refractivity contribution in [3.8, 4) is 0 Å². The summed E-state index contributed by atoms with van der Waals surface area (Å²) in [6, 6.07) is 7.61. The number of nitrogen functional groups attached to an aromatic ring is 1. The van der Waals surface area contributed by atoms with Crippen LogP contribution < -0.4 is 5.73 Å². The Kier molecular flexibility index (Phi) is 3.68. The molecule has 1 unspecified atom stereocenters. The van der Waals surface area contributed by atoms with Crippen LogP contribution in [0.2, 0.25) is 0 Å². The van der Waals surface area contributed by atoms with Crippen LogP contribution in [0.3, 0.4) is 0 Å². The van der Waals surface area contributed by atoms with E-state index in [0.717, 1.165) is 21.2 Å². The Morgan fingerprint density at radius 1 is 1.28 bits per heavy atom. The maximum atomic E-state index is 10.4. The van der Waals surface area contributed by atoms with Crippen molar-refractivity contribution < 1.29 is 5.11 Å². The summed E-state index contributed by atoms with van der Waals surface area (Å²) in [4.78, 5) is 4.07. The van der Waals surface area contributed by atoms with Crippen molar-refractivity contribution >= 4 is 21.7 Å². The van der Waals surface area contributed by atoms with E-state index in [9.17, 15) is 5.11 Å². The summed E-state index contributed by atoms with van der Waals surface area (Å²) in [6.45, 7) is 3.91. The molecule has 0 fully saturated rings. The van der Waals surface area contributed by atoms with E-state index in [-0.39, 0.29) is 0 Å². The fourth-order valence-electron chi connectivity index (χ4n) is 1.84. The molecular formula is C14H15BrN2O. The summed E-state index contributed by atoms with van der Waals surface area (Å²) in [7, 11) is 0. The van der Waals surface area contributed by atoms with Crippen LogP contribution in [-0.4, -0.2) is 10.1 Å². The molecule has 2 rings (SSSR count). The number of aryl methyl sites for hydroxylation is 2. The van der Waals surface area contributed by atoms with Crippen LogP contribution in [-0.2, 0) is 0 Å². The number of nitrogens with two attached hydrogens (primary N) is 1. The van der Waals surface area contributed by atoms with Gasteiger partial charge in [-0.25, -0.2) is 4.98 Å². The lowest BCUT2D eigenvalue weighted by atomic mass is 9.99. The molecular weight excluding hydrogens is 292 g/mol. The maximum absolute atomic E-state index is 10.4. The zero-order chi connectivity index (χ0) is 13.3. The Morgan fingerprint density at radius 3 is 2.67 bits per heavy atom. The predicted octanol–water partition coefficient (Wildman–Crippen LogP) is 3.12. The molecule has 0 amide bonds. The third kappa shape index (κ3) is 2.54. The number of aliphatic hydroxyl groups is 1. The molecule has 0 aliphatic rings. The smallest absolute Gasteiger partial charge is 0.129 e. The van der Waals surface area contributed by atoms with Crippen LogP contribution in [0.25, 0.3) is 0 Å². The number of aromatic nitrogens is 1. The first-order valence-electron chi connectivity index (χ1n) is 5.65. The molecule has 1 atom stereocenters. The van der Waals surface area contributed by atoms with E-state index >= 15 is 0 Å². The highest BCUT2D eigenvalue weighted by atomic mass is 79.9. The second-order valence-corrected chi connectivity index (χ2v) is 5.25. The SMILES string of the molecule is Cc1cnc(N)c(C(O)c2ccc(Br)c(C)c2)c1. The molecule has 1 aromatic heterocycles. The van der Waals surface area contributed by atoms with Gasteiger partial charge in [-0.2, -0.15) is 0 Å². The summed E-state index contributed by atoms with van der Waals surface area (Å²) in [5.41, 5.74) is 9.33. The number of pyridine rings is 1. The van der Waals surface area contributed by atoms with Crippen LogP contribution >= 0.6 is 15.9 Å². The van der Waals surface area contributed by atoms with Gasteiger partial charge in [0.05, 0.1) is 0 Å². The van der Waals surface area contributed by atoms with E-state index in [2.05, 4.69) is 20.9 Å². The molecule has 1 heterocycles. The van der Waals surface area contributed by atoms with Crippen LogP contribution in [0, 0.1) is 13.8 Å². The number of benzene rings is 1. The minimum absolute atomic E-state index is 0.369. The molecule has 0 radical (unpaired) electrons. The van der Waals surface area contributed by atoms with E-state index in [4.69, 9.17) is 5.73 Å². The Labute approximate surface area is 115 Å². The van der Waals surface area contributed by atoms with Gasteiger partial charge in [-0.05, 0) is 42.7 Å². The molecule has 0 bridgehead atoms. The molecule has 0 aliphatic carbocycles. The van der Waals surface area contributed by atoms with E-state index in [1.165, 1.54) is 0 Å². The lowest BCUT2D eigenvalue weighted by Crippen LogP contribution is -2.06. The lowest BCUT2D eigenvalue weighted by molar-refractivity contribution is 0.220. The summed E-state index contributed by atoms with van der Waals surface area (Å²) < 4.78 is 1.02. The fraction of sp³-hybridized carbons (Fsp3) is 0.214. The van der Waals surface area contributed by atoms with Crippen molar-refractivity contribution in [3.05, 3.63) is 57.2 Å². The molecule has 3 nitrogen and oxygen atoms in total. The second kappa shape index (κ2) is 5.08. The van der Waals surface area contributed by atoms with Gasteiger partial charge < -0.3 is 10.8 Å². The molecule has 3 N–H and O–H groups in total. The molecule has 94 valence electrons. The van der Waals surface area contributed by atoms with E-state index in [0.29, 0.717) is 11.4 Å². The minimum Gasteiger partial charge on any atom is -0.384 e. The highest BCUT2D eigenvalue weighted by Gasteiger charge is 2.15. The third-order valence-corrected chi connectivity index (χ3v) is 3.77. The van der Waals surface area contributed by atoms with E-state index in [1.54, 1.807) is 6.20 Å². The molecule has 1 aromatic carbocycles. The monoisotopic (exact) mass is 306 g/mol. The fourth-order valence-corrected chi connectivity index (χ4v) is 2.09. The number of halogens is 1. The highest BCUT2D eigenvalue weighted by molar-refractivity contribution is 9.10. The van der Waals surface area contributed by atoms with Crippen molar-refractivity contribution in [2.45, 2.75) is 20.0 Å². The van der Waals surface area contributed by atoms with Gasteiger partial charge >= 0.3 is 0 Å². The van der Waals surface area contributed by atoms with Crippen LogP contribution in [0.15, 0.2) is 34.9 Å². The summed E-state index contributed by atoms with van der Waals surface area (Å²) in [5.74, 6) is 0.369.